The highest BCUT2D eigenvalue weighted by atomic mass is 19.3. The van der Waals surface area contributed by atoms with Crippen LogP contribution in [0.2, 0.25) is 0 Å². The molecular formula is C18H18F5N3O. The van der Waals surface area contributed by atoms with Gasteiger partial charge in [-0.25, -0.2) is 9.37 Å². The minimum atomic E-state index is -4.19. The first-order valence-corrected chi connectivity index (χ1v) is 8.77. The second-order valence-corrected chi connectivity index (χ2v) is 7.74. The maximum absolute atomic E-state index is 13.5. The largest absolute Gasteiger partial charge is 0.313 e. The van der Waals surface area contributed by atoms with Gasteiger partial charge in [-0.05, 0) is 38.3 Å². The number of rotatable bonds is 4. The van der Waals surface area contributed by atoms with Crippen molar-refractivity contribution in [2.24, 2.45) is 5.92 Å². The molecule has 0 spiro atoms. The molecule has 2 aromatic rings. The van der Waals surface area contributed by atoms with Gasteiger partial charge in [-0.1, -0.05) is 0 Å². The summed E-state index contributed by atoms with van der Waals surface area (Å²) in [4.78, 5) is 16.5. The van der Waals surface area contributed by atoms with Crippen molar-refractivity contribution in [3.63, 3.8) is 0 Å². The zero-order valence-electron chi connectivity index (χ0n) is 14.5. The number of alkyl halides is 4. The van der Waals surface area contributed by atoms with Gasteiger partial charge < -0.3 is 4.57 Å². The predicted octanol–water partition coefficient (Wildman–Crippen LogP) is 4.69. The van der Waals surface area contributed by atoms with Gasteiger partial charge in [0, 0.05) is 30.4 Å². The molecule has 2 saturated carbocycles. The normalized spacial score (nSPS) is 24.9. The van der Waals surface area contributed by atoms with Gasteiger partial charge in [-0.2, -0.15) is 17.6 Å². The van der Waals surface area contributed by atoms with Crippen molar-refractivity contribution in [2.45, 2.75) is 56.4 Å². The zero-order valence-corrected chi connectivity index (χ0v) is 14.5. The van der Waals surface area contributed by atoms with Gasteiger partial charge >= 0.3 is 11.8 Å². The number of carbonyl (C=O) groups excluding carboxylic acids is 1. The van der Waals surface area contributed by atoms with Crippen LogP contribution in [0.15, 0.2) is 18.2 Å². The monoisotopic (exact) mass is 387 g/mol. The smallest absolute Gasteiger partial charge is 0.304 e. The van der Waals surface area contributed by atoms with E-state index in [0.717, 1.165) is 19.3 Å². The third-order valence-electron chi connectivity index (χ3n) is 5.77. The average molecular weight is 387 g/mol. The fourth-order valence-electron chi connectivity index (χ4n) is 3.94. The molecule has 1 amide bonds. The van der Waals surface area contributed by atoms with Crippen LogP contribution in [0.25, 0.3) is 11.0 Å². The van der Waals surface area contributed by atoms with E-state index in [2.05, 4.69) is 10.3 Å². The number of carbonyl (C=O) groups is 1. The van der Waals surface area contributed by atoms with Crippen molar-refractivity contribution in [1.29, 1.82) is 0 Å². The van der Waals surface area contributed by atoms with Crippen molar-refractivity contribution in [3.05, 3.63) is 24.0 Å². The molecule has 0 aliphatic heterocycles. The summed E-state index contributed by atoms with van der Waals surface area (Å²) < 4.78 is 68.1. The standard InChI is InChI=1S/C18H18F5N3O/c1-16(5-2-6-16)26-13-4-3-11(19)8-12(13)24-15(26)25-14(27)7-10-9-17(20,21)18(10,22)23/h3-4,8,10H,2,5-7,9H2,1H3,(H,24,25,27). The summed E-state index contributed by atoms with van der Waals surface area (Å²) in [7, 11) is 0. The highest BCUT2D eigenvalue weighted by Gasteiger charge is 2.71. The number of hydrogen-bond acceptors (Lipinski definition) is 2. The number of benzene rings is 1. The van der Waals surface area contributed by atoms with Crippen molar-refractivity contribution < 1.29 is 26.7 Å². The number of hydrogen-bond donors (Lipinski definition) is 1. The van der Waals surface area contributed by atoms with E-state index in [-0.39, 0.29) is 11.5 Å². The number of aromatic nitrogens is 2. The van der Waals surface area contributed by atoms with Crippen molar-refractivity contribution in [1.82, 2.24) is 9.55 Å². The molecular weight excluding hydrogens is 369 g/mol. The van der Waals surface area contributed by atoms with Crippen LogP contribution in [-0.4, -0.2) is 27.3 Å². The maximum atomic E-state index is 13.5. The van der Waals surface area contributed by atoms with Crippen LogP contribution in [0.1, 0.15) is 39.0 Å². The molecule has 4 rings (SSSR count). The molecule has 1 unspecified atom stereocenters. The molecule has 2 fully saturated rings. The van der Waals surface area contributed by atoms with Gasteiger partial charge in [0.1, 0.15) is 5.82 Å². The third kappa shape index (κ3) is 2.70. The number of nitrogens with zero attached hydrogens (tertiary/aromatic N) is 2. The first-order chi connectivity index (χ1) is 12.5. The minimum Gasteiger partial charge on any atom is -0.304 e. The van der Waals surface area contributed by atoms with Crippen LogP contribution in [-0.2, 0) is 10.3 Å². The van der Waals surface area contributed by atoms with Crippen LogP contribution in [0.3, 0.4) is 0 Å². The summed E-state index contributed by atoms with van der Waals surface area (Å²) in [6.45, 7) is 1.97. The highest BCUT2D eigenvalue weighted by Crippen LogP contribution is 2.56. The molecule has 2 aliphatic carbocycles. The van der Waals surface area contributed by atoms with E-state index < -0.39 is 42.3 Å². The van der Waals surface area contributed by atoms with Gasteiger partial charge in [0.15, 0.2) is 0 Å². The number of nitrogens with one attached hydrogen (secondary N) is 1. The van der Waals surface area contributed by atoms with Crippen molar-refractivity contribution in [3.8, 4) is 0 Å². The second-order valence-electron chi connectivity index (χ2n) is 7.74. The molecule has 1 N–H and O–H groups in total. The van der Waals surface area contributed by atoms with Crippen LogP contribution in [0.5, 0.6) is 0 Å². The molecule has 27 heavy (non-hydrogen) atoms. The fraction of sp³-hybridized carbons (Fsp3) is 0.556. The Hall–Kier alpha value is -2.19. The Morgan fingerprint density at radius 2 is 2.00 bits per heavy atom. The Balaban J connectivity index is 1.60. The summed E-state index contributed by atoms with van der Waals surface area (Å²) in [6, 6.07) is 4.06. The highest BCUT2D eigenvalue weighted by molar-refractivity contribution is 5.92. The van der Waals surface area contributed by atoms with Gasteiger partial charge in [0.25, 0.3) is 0 Å². The lowest BCUT2D eigenvalue weighted by Gasteiger charge is -2.43. The van der Waals surface area contributed by atoms with E-state index in [1.54, 1.807) is 10.6 Å². The van der Waals surface area contributed by atoms with Crippen LogP contribution in [0.4, 0.5) is 27.9 Å². The molecule has 0 bridgehead atoms. The SMILES string of the molecule is CC1(n2c(NC(=O)CC3CC(F)(F)C3(F)F)nc3cc(F)ccc32)CCC1. The molecule has 0 saturated heterocycles. The molecule has 2 aliphatic rings. The maximum Gasteiger partial charge on any atom is 0.313 e. The van der Waals surface area contributed by atoms with Gasteiger partial charge in [-0.3, -0.25) is 10.1 Å². The summed E-state index contributed by atoms with van der Waals surface area (Å²) in [6.07, 6.45) is 0.884. The molecule has 1 atom stereocenters. The predicted molar refractivity (Wildman–Crippen MR) is 88.4 cm³/mol. The van der Waals surface area contributed by atoms with E-state index >= 15 is 0 Å². The van der Waals surface area contributed by atoms with Gasteiger partial charge in [0.05, 0.1) is 11.0 Å². The Labute approximate surface area is 151 Å². The number of imidazole rings is 1. The van der Waals surface area contributed by atoms with E-state index in [0.29, 0.717) is 11.0 Å². The quantitative estimate of drug-likeness (QED) is 0.774. The average Bonchev–Trinajstić information content (AvgIpc) is 2.88. The van der Waals surface area contributed by atoms with E-state index in [1.807, 2.05) is 6.92 Å². The van der Waals surface area contributed by atoms with E-state index in [4.69, 9.17) is 0 Å². The Bertz CT molecular complexity index is 919. The summed E-state index contributed by atoms with van der Waals surface area (Å²) in [5.74, 6) is -11.1. The molecule has 1 heterocycles. The summed E-state index contributed by atoms with van der Waals surface area (Å²) in [5, 5.41) is 2.47. The van der Waals surface area contributed by atoms with Gasteiger partial charge in [-0.15, -0.1) is 0 Å². The summed E-state index contributed by atoms with van der Waals surface area (Å²) in [5.41, 5.74) is 0.621. The van der Waals surface area contributed by atoms with Crippen LogP contribution >= 0.6 is 0 Å². The Kier molecular flexibility index (Phi) is 3.81. The van der Waals surface area contributed by atoms with E-state index in [1.165, 1.54) is 12.1 Å². The van der Waals surface area contributed by atoms with Crippen LogP contribution in [0, 0.1) is 11.7 Å². The van der Waals surface area contributed by atoms with Gasteiger partial charge in [0.2, 0.25) is 11.9 Å². The van der Waals surface area contributed by atoms with Crippen LogP contribution < -0.4 is 5.32 Å². The molecule has 1 aromatic heterocycles. The topological polar surface area (TPSA) is 46.9 Å². The number of halogens is 5. The lowest BCUT2D eigenvalue weighted by atomic mass is 9.74. The zero-order chi connectivity index (χ0) is 19.6. The van der Waals surface area contributed by atoms with Crippen molar-refractivity contribution in [2.75, 3.05) is 5.32 Å². The Morgan fingerprint density at radius 3 is 2.56 bits per heavy atom. The first-order valence-electron chi connectivity index (χ1n) is 8.77. The molecule has 146 valence electrons. The second kappa shape index (κ2) is 5.65. The van der Waals surface area contributed by atoms with Crippen molar-refractivity contribution >= 4 is 22.9 Å². The number of fused-ring (bicyclic) bond motifs is 1. The lowest BCUT2D eigenvalue weighted by Crippen LogP contribution is -2.59. The molecule has 4 nitrogen and oxygen atoms in total. The molecule has 0 radical (unpaired) electrons. The number of amides is 1. The molecule has 9 heteroatoms. The Morgan fingerprint density at radius 1 is 1.30 bits per heavy atom. The summed E-state index contributed by atoms with van der Waals surface area (Å²) >= 11 is 0. The number of anilines is 1. The lowest BCUT2D eigenvalue weighted by molar-refractivity contribution is -0.313. The third-order valence-corrected chi connectivity index (χ3v) is 5.77. The first kappa shape index (κ1) is 18.2. The van der Waals surface area contributed by atoms with E-state index in [9.17, 15) is 26.7 Å². The fourth-order valence-corrected chi connectivity index (χ4v) is 3.94. The minimum absolute atomic E-state index is 0.122. The molecule has 1 aromatic carbocycles.